The Morgan fingerprint density at radius 3 is 2.44 bits per heavy atom. The van der Waals surface area contributed by atoms with Crippen molar-refractivity contribution >= 4 is 5.78 Å². The van der Waals surface area contributed by atoms with Crippen molar-refractivity contribution in [3.63, 3.8) is 0 Å². The Kier molecular flexibility index (Phi) is 2.34. The molecule has 2 bridgehead atoms. The number of fused-ring (bicyclic) bond motifs is 2. The molecule has 1 aromatic rings. The van der Waals surface area contributed by atoms with E-state index in [1.807, 2.05) is 24.3 Å². The molecule has 0 radical (unpaired) electrons. The normalized spacial score (nSPS) is 31.9. The van der Waals surface area contributed by atoms with Crippen molar-refractivity contribution in [3.05, 3.63) is 35.4 Å². The van der Waals surface area contributed by atoms with Gasteiger partial charge in [0.15, 0.2) is 5.78 Å². The number of ketones is 1. The maximum atomic E-state index is 12.3. The second-order valence-corrected chi connectivity index (χ2v) is 5.51. The van der Waals surface area contributed by atoms with Crippen molar-refractivity contribution < 1.29 is 4.79 Å². The highest BCUT2D eigenvalue weighted by Crippen LogP contribution is 2.49. The molecule has 0 aromatic heterocycles. The molecule has 1 heteroatoms. The van der Waals surface area contributed by atoms with Gasteiger partial charge in [0.2, 0.25) is 0 Å². The standard InChI is InChI=1S/C15H18O/c1-10-2-5-12(6-3-10)15(16)14-9-11-4-7-13(14)8-11/h2-3,5-6,11,13-14H,4,7-9H2,1H3. The molecule has 2 aliphatic carbocycles. The van der Waals surface area contributed by atoms with Gasteiger partial charge in [0.25, 0.3) is 0 Å². The van der Waals surface area contributed by atoms with E-state index in [9.17, 15) is 4.79 Å². The van der Waals surface area contributed by atoms with Crippen LogP contribution in [0.15, 0.2) is 24.3 Å². The molecular weight excluding hydrogens is 196 g/mol. The molecule has 0 amide bonds. The minimum Gasteiger partial charge on any atom is -0.294 e. The van der Waals surface area contributed by atoms with Crippen LogP contribution < -0.4 is 0 Å². The van der Waals surface area contributed by atoms with Crippen molar-refractivity contribution in [2.45, 2.75) is 32.6 Å². The SMILES string of the molecule is Cc1ccc(C(=O)C2CC3CCC2C3)cc1. The third kappa shape index (κ3) is 1.59. The lowest BCUT2D eigenvalue weighted by molar-refractivity contribution is 0.0875. The van der Waals surface area contributed by atoms with Gasteiger partial charge in [0.05, 0.1) is 0 Å². The first-order valence-electron chi connectivity index (χ1n) is 6.35. The zero-order chi connectivity index (χ0) is 11.1. The average molecular weight is 214 g/mol. The maximum Gasteiger partial charge on any atom is 0.166 e. The minimum absolute atomic E-state index is 0.335. The fraction of sp³-hybridized carbons (Fsp3) is 0.533. The molecule has 0 saturated heterocycles. The highest BCUT2D eigenvalue weighted by Gasteiger charge is 2.42. The van der Waals surface area contributed by atoms with Crippen molar-refractivity contribution in [2.24, 2.45) is 17.8 Å². The average Bonchev–Trinajstić information content (AvgIpc) is 2.91. The van der Waals surface area contributed by atoms with Crippen LogP contribution in [0, 0.1) is 24.7 Å². The Hall–Kier alpha value is -1.11. The van der Waals surface area contributed by atoms with Gasteiger partial charge in [-0.3, -0.25) is 4.79 Å². The molecule has 0 N–H and O–H groups in total. The summed E-state index contributed by atoms with van der Waals surface area (Å²) in [5.74, 6) is 2.27. The quantitative estimate of drug-likeness (QED) is 0.687. The summed E-state index contributed by atoms with van der Waals surface area (Å²) in [6.07, 6.45) is 5.11. The van der Waals surface area contributed by atoms with Gasteiger partial charge >= 0.3 is 0 Å². The Bertz CT molecular complexity index is 404. The predicted molar refractivity (Wildman–Crippen MR) is 64.4 cm³/mol. The predicted octanol–water partition coefficient (Wildman–Crippen LogP) is 3.61. The largest absolute Gasteiger partial charge is 0.294 e. The molecule has 0 aliphatic heterocycles. The zero-order valence-electron chi connectivity index (χ0n) is 9.78. The summed E-state index contributed by atoms with van der Waals surface area (Å²) < 4.78 is 0. The molecule has 16 heavy (non-hydrogen) atoms. The van der Waals surface area contributed by atoms with E-state index in [2.05, 4.69) is 6.92 Å². The van der Waals surface area contributed by atoms with Crippen LogP contribution in [-0.4, -0.2) is 5.78 Å². The molecule has 2 fully saturated rings. The van der Waals surface area contributed by atoms with Crippen LogP contribution in [0.25, 0.3) is 0 Å². The van der Waals surface area contributed by atoms with Gasteiger partial charge < -0.3 is 0 Å². The molecule has 2 saturated carbocycles. The van der Waals surface area contributed by atoms with Crippen LogP contribution in [-0.2, 0) is 0 Å². The van der Waals surface area contributed by atoms with E-state index in [0.717, 1.165) is 17.9 Å². The summed E-state index contributed by atoms with van der Waals surface area (Å²) in [7, 11) is 0. The lowest BCUT2D eigenvalue weighted by Crippen LogP contribution is -2.20. The lowest BCUT2D eigenvalue weighted by atomic mass is 9.83. The Labute approximate surface area is 96.9 Å². The van der Waals surface area contributed by atoms with E-state index < -0.39 is 0 Å². The Morgan fingerprint density at radius 1 is 1.12 bits per heavy atom. The van der Waals surface area contributed by atoms with Crippen molar-refractivity contribution in [2.75, 3.05) is 0 Å². The van der Waals surface area contributed by atoms with Gasteiger partial charge in [-0.25, -0.2) is 0 Å². The van der Waals surface area contributed by atoms with E-state index >= 15 is 0 Å². The van der Waals surface area contributed by atoms with Gasteiger partial charge in [-0.1, -0.05) is 36.2 Å². The first-order chi connectivity index (χ1) is 7.74. The Morgan fingerprint density at radius 2 is 1.88 bits per heavy atom. The smallest absolute Gasteiger partial charge is 0.166 e. The number of hydrogen-bond donors (Lipinski definition) is 0. The number of carbonyl (C=O) groups excluding carboxylic acids is 1. The topological polar surface area (TPSA) is 17.1 Å². The van der Waals surface area contributed by atoms with Gasteiger partial charge in [0.1, 0.15) is 0 Å². The van der Waals surface area contributed by atoms with Crippen molar-refractivity contribution in [1.29, 1.82) is 0 Å². The van der Waals surface area contributed by atoms with Gasteiger partial charge in [0, 0.05) is 11.5 Å². The molecule has 3 unspecified atom stereocenters. The van der Waals surface area contributed by atoms with Crippen LogP contribution in [0.2, 0.25) is 0 Å². The number of Topliss-reactive ketones (excluding diaryl/α,β-unsaturated/α-hetero) is 1. The summed E-state index contributed by atoms with van der Waals surface area (Å²) >= 11 is 0. The zero-order valence-corrected chi connectivity index (χ0v) is 9.78. The third-order valence-corrected chi connectivity index (χ3v) is 4.41. The molecule has 84 valence electrons. The first-order valence-corrected chi connectivity index (χ1v) is 6.35. The molecule has 2 aliphatic rings. The second kappa shape index (κ2) is 3.73. The van der Waals surface area contributed by atoms with Gasteiger partial charge in [-0.2, -0.15) is 0 Å². The Balaban J connectivity index is 1.80. The molecule has 1 nitrogen and oxygen atoms in total. The molecule has 3 rings (SSSR count). The maximum absolute atomic E-state index is 12.3. The van der Waals surface area contributed by atoms with Crippen LogP contribution in [0.5, 0.6) is 0 Å². The summed E-state index contributed by atoms with van der Waals surface area (Å²) in [4.78, 5) is 12.3. The number of carbonyl (C=O) groups is 1. The molecular formula is C15H18O. The van der Waals surface area contributed by atoms with Gasteiger partial charge in [-0.05, 0) is 38.0 Å². The molecule has 3 atom stereocenters. The summed E-state index contributed by atoms with van der Waals surface area (Å²) in [6, 6.07) is 8.06. The van der Waals surface area contributed by atoms with Crippen LogP contribution >= 0.6 is 0 Å². The highest BCUT2D eigenvalue weighted by molar-refractivity contribution is 5.98. The lowest BCUT2D eigenvalue weighted by Gasteiger charge is -2.20. The second-order valence-electron chi connectivity index (χ2n) is 5.51. The highest BCUT2D eigenvalue weighted by atomic mass is 16.1. The molecule has 1 aromatic carbocycles. The molecule has 0 spiro atoms. The number of hydrogen-bond acceptors (Lipinski definition) is 1. The number of aryl methyl sites for hydroxylation is 1. The summed E-state index contributed by atoms with van der Waals surface area (Å²) in [5.41, 5.74) is 2.15. The minimum atomic E-state index is 0.335. The van der Waals surface area contributed by atoms with E-state index in [4.69, 9.17) is 0 Å². The third-order valence-electron chi connectivity index (χ3n) is 4.41. The van der Waals surface area contributed by atoms with E-state index in [0.29, 0.717) is 17.6 Å². The van der Waals surface area contributed by atoms with Gasteiger partial charge in [-0.15, -0.1) is 0 Å². The number of benzene rings is 1. The van der Waals surface area contributed by atoms with Crippen LogP contribution in [0.3, 0.4) is 0 Å². The fourth-order valence-corrected chi connectivity index (χ4v) is 3.50. The number of rotatable bonds is 2. The fourth-order valence-electron chi connectivity index (χ4n) is 3.50. The first kappa shape index (κ1) is 10.1. The monoisotopic (exact) mass is 214 g/mol. The van der Waals surface area contributed by atoms with Crippen molar-refractivity contribution in [1.82, 2.24) is 0 Å². The molecule has 0 heterocycles. The van der Waals surface area contributed by atoms with E-state index in [1.165, 1.54) is 24.8 Å². The van der Waals surface area contributed by atoms with Crippen molar-refractivity contribution in [3.8, 4) is 0 Å². The van der Waals surface area contributed by atoms with E-state index in [1.54, 1.807) is 0 Å². The van der Waals surface area contributed by atoms with E-state index in [-0.39, 0.29) is 0 Å². The summed E-state index contributed by atoms with van der Waals surface area (Å²) in [5, 5.41) is 0. The van der Waals surface area contributed by atoms with Crippen LogP contribution in [0.4, 0.5) is 0 Å². The van der Waals surface area contributed by atoms with Crippen LogP contribution in [0.1, 0.15) is 41.6 Å². The summed E-state index contributed by atoms with van der Waals surface area (Å²) in [6.45, 7) is 2.06.